The Kier molecular flexibility index (Phi) is 5.00. The van der Waals surface area contributed by atoms with Crippen LogP contribution >= 0.6 is 11.6 Å². The third-order valence-corrected chi connectivity index (χ3v) is 3.81. The smallest absolute Gasteiger partial charge is 0.411 e. The summed E-state index contributed by atoms with van der Waals surface area (Å²) in [5, 5.41) is 8.59. The number of hydrogen-bond donors (Lipinski definition) is 1. The van der Waals surface area contributed by atoms with Crippen LogP contribution in [0.1, 0.15) is 10.4 Å². The summed E-state index contributed by atoms with van der Waals surface area (Å²) in [4.78, 5) is 10.3. The number of alkyl halides is 3. The van der Waals surface area contributed by atoms with Crippen LogP contribution in [0.2, 0.25) is 5.02 Å². The number of rotatable bonds is 5. The molecular formula is C10H8ClF3O5S. The van der Waals surface area contributed by atoms with Gasteiger partial charge in [0.05, 0.1) is 15.5 Å². The van der Waals surface area contributed by atoms with E-state index in [4.69, 9.17) is 16.7 Å². The zero-order chi connectivity index (χ0) is 15.6. The topological polar surface area (TPSA) is 80.7 Å². The third-order valence-electron chi connectivity index (χ3n) is 2.03. The fourth-order valence-electron chi connectivity index (χ4n) is 1.20. The monoisotopic (exact) mass is 332 g/mol. The van der Waals surface area contributed by atoms with Gasteiger partial charge >= 0.3 is 12.1 Å². The number of carboxylic acid groups (broad SMARTS) is 1. The lowest BCUT2D eigenvalue weighted by atomic mass is 10.2. The average molecular weight is 333 g/mol. The number of aromatic carboxylic acids is 1. The zero-order valence-corrected chi connectivity index (χ0v) is 11.2. The van der Waals surface area contributed by atoms with Crippen molar-refractivity contribution < 1.29 is 36.2 Å². The minimum absolute atomic E-state index is 0.187. The Morgan fingerprint density at radius 3 is 2.45 bits per heavy atom. The van der Waals surface area contributed by atoms with Crippen LogP contribution < -0.4 is 0 Å². The van der Waals surface area contributed by atoms with Gasteiger partial charge in [-0.25, -0.2) is 13.2 Å². The highest BCUT2D eigenvalue weighted by Gasteiger charge is 2.29. The Morgan fingerprint density at radius 2 is 1.95 bits per heavy atom. The molecule has 0 bridgehead atoms. The quantitative estimate of drug-likeness (QED) is 0.895. The summed E-state index contributed by atoms with van der Waals surface area (Å²) in [5.74, 6) is -2.67. The minimum Gasteiger partial charge on any atom is -0.478 e. The maximum atomic E-state index is 11.8. The molecule has 0 fully saturated rings. The van der Waals surface area contributed by atoms with Crippen molar-refractivity contribution in [3.63, 3.8) is 0 Å². The molecule has 1 rings (SSSR count). The van der Waals surface area contributed by atoms with Crippen molar-refractivity contribution in [3.8, 4) is 0 Å². The van der Waals surface area contributed by atoms with Crippen LogP contribution in [0.25, 0.3) is 0 Å². The normalized spacial score (nSPS) is 12.4. The van der Waals surface area contributed by atoms with E-state index in [0.29, 0.717) is 0 Å². The number of ether oxygens (including phenoxy) is 1. The van der Waals surface area contributed by atoms with Crippen LogP contribution in [0.5, 0.6) is 0 Å². The number of halogens is 4. The van der Waals surface area contributed by atoms with Crippen molar-refractivity contribution in [2.75, 3.05) is 12.5 Å². The second-order valence-electron chi connectivity index (χ2n) is 3.64. The van der Waals surface area contributed by atoms with Gasteiger partial charge < -0.3 is 9.84 Å². The van der Waals surface area contributed by atoms with Crippen molar-refractivity contribution in [2.45, 2.75) is 11.1 Å². The standard InChI is InChI=1S/C10H8ClF3O5S/c11-8-2-1-6(3-7(8)9(15)16)20(17,18)5-19-4-10(12,13)14/h1-3H,4-5H2,(H,15,16). The largest absolute Gasteiger partial charge is 0.478 e. The maximum Gasteiger partial charge on any atom is 0.411 e. The summed E-state index contributed by atoms with van der Waals surface area (Å²) in [6, 6.07) is 2.78. The molecule has 112 valence electrons. The summed E-state index contributed by atoms with van der Waals surface area (Å²) in [6.07, 6.45) is -4.65. The fourth-order valence-corrected chi connectivity index (χ4v) is 2.41. The first-order valence-corrected chi connectivity index (χ1v) is 6.96. The molecule has 1 aromatic rings. The highest BCUT2D eigenvalue weighted by atomic mass is 35.5. The number of carbonyl (C=O) groups is 1. The molecule has 0 radical (unpaired) electrons. The summed E-state index contributed by atoms with van der Waals surface area (Å²) in [5.41, 5.74) is -0.469. The Labute approximate surface area is 116 Å². The van der Waals surface area contributed by atoms with Gasteiger partial charge in [0.15, 0.2) is 5.94 Å². The predicted molar refractivity (Wildman–Crippen MR) is 62.5 cm³/mol. The Bertz CT molecular complexity index is 612. The molecule has 0 unspecified atom stereocenters. The summed E-state index contributed by atoms with van der Waals surface area (Å²) >= 11 is 5.55. The molecule has 0 heterocycles. The van der Waals surface area contributed by atoms with Crippen molar-refractivity contribution in [1.82, 2.24) is 0 Å². The van der Waals surface area contributed by atoms with Crippen LogP contribution in [0.3, 0.4) is 0 Å². The third kappa shape index (κ3) is 4.66. The van der Waals surface area contributed by atoms with E-state index in [2.05, 4.69) is 4.74 Å². The molecule has 0 amide bonds. The van der Waals surface area contributed by atoms with Gasteiger partial charge in [-0.15, -0.1) is 0 Å². The second kappa shape index (κ2) is 5.98. The molecule has 5 nitrogen and oxygen atoms in total. The molecule has 0 aliphatic rings. The van der Waals surface area contributed by atoms with E-state index < -0.39 is 45.0 Å². The van der Waals surface area contributed by atoms with E-state index >= 15 is 0 Å². The van der Waals surface area contributed by atoms with Gasteiger partial charge in [0.25, 0.3) is 0 Å². The predicted octanol–water partition coefficient (Wildman–Crippen LogP) is 2.35. The van der Waals surface area contributed by atoms with Crippen molar-refractivity contribution in [1.29, 1.82) is 0 Å². The van der Waals surface area contributed by atoms with E-state index in [0.717, 1.165) is 18.2 Å². The first-order valence-electron chi connectivity index (χ1n) is 4.93. The first-order chi connectivity index (χ1) is 9.03. The fraction of sp³-hybridized carbons (Fsp3) is 0.300. The van der Waals surface area contributed by atoms with E-state index in [1.807, 2.05) is 0 Å². The first kappa shape index (κ1) is 16.7. The molecule has 0 saturated carbocycles. The minimum atomic E-state index is -4.65. The van der Waals surface area contributed by atoms with Crippen molar-refractivity contribution in [2.24, 2.45) is 0 Å². The van der Waals surface area contributed by atoms with Gasteiger partial charge in [-0.05, 0) is 18.2 Å². The molecule has 0 saturated heterocycles. The summed E-state index contributed by atoms with van der Waals surface area (Å²) in [6.45, 7) is -1.72. The lowest BCUT2D eigenvalue weighted by Crippen LogP contribution is -2.20. The van der Waals surface area contributed by atoms with E-state index in [9.17, 15) is 26.4 Å². The van der Waals surface area contributed by atoms with Gasteiger partial charge in [-0.2, -0.15) is 13.2 Å². The molecule has 0 spiro atoms. The van der Waals surface area contributed by atoms with Crippen LogP contribution in [-0.2, 0) is 14.6 Å². The highest BCUT2D eigenvalue weighted by molar-refractivity contribution is 7.91. The summed E-state index contributed by atoms with van der Waals surface area (Å²) < 4.78 is 62.9. The van der Waals surface area contributed by atoms with E-state index in [-0.39, 0.29) is 5.02 Å². The van der Waals surface area contributed by atoms with Crippen molar-refractivity contribution in [3.05, 3.63) is 28.8 Å². The van der Waals surface area contributed by atoms with Crippen molar-refractivity contribution >= 4 is 27.4 Å². The molecule has 1 N–H and O–H groups in total. The van der Waals surface area contributed by atoms with Gasteiger partial charge in [-0.1, -0.05) is 11.6 Å². The van der Waals surface area contributed by atoms with Crippen LogP contribution in [0.15, 0.2) is 23.1 Å². The molecule has 10 heteroatoms. The molecule has 0 atom stereocenters. The lowest BCUT2D eigenvalue weighted by molar-refractivity contribution is -0.169. The molecule has 0 aliphatic heterocycles. The molecule has 0 aromatic heterocycles. The SMILES string of the molecule is O=C(O)c1cc(S(=O)(=O)COCC(F)(F)F)ccc1Cl. The molecule has 0 aliphatic carbocycles. The van der Waals surface area contributed by atoms with Gasteiger partial charge in [-0.3, -0.25) is 0 Å². The van der Waals surface area contributed by atoms with E-state index in [1.165, 1.54) is 0 Å². The number of benzene rings is 1. The highest BCUT2D eigenvalue weighted by Crippen LogP contribution is 2.22. The molecular weight excluding hydrogens is 325 g/mol. The number of carboxylic acids is 1. The van der Waals surface area contributed by atoms with Crippen LogP contribution in [-0.4, -0.2) is 38.2 Å². The van der Waals surface area contributed by atoms with Gasteiger partial charge in [0.2, 0.25) is 9.84 Å². The second-order valence-corrected chi connectivity index (χ2v) is 5.99. The Balaban J connectivity index is 2.93. The molecule has 20 heavy (non-hydrogen) atoms. The summed E-state index contributed by atoms with van der Waals surface area (Å²) in [7, 11) is -4.20. The van der Waals surface area contributed by atoms with Crippen LogP contribution in [0, 0.1) is 0 Å². The maximum absolute atomic E-state index is 11.8. The number of sulfone groups is 1. The van der Waals surface area contributed by atoms with Crippen LogP contribution in [0.4, 0.5) is 13.2 Å². The Morgan fingerprint density at radius 1 is 1.35 bits per heavy atom. The molecule has 1 aromatic carbocycles. The number of hydrogen-bond acceptors (Lipinski definition) is 4. The lowest BCUT2D eigenvalue weighted by Gasteiger charge is -2.09. The zero-order valence-electron chi connectivity index (χ0n) is 9.65. The van der Waals surface area contributed by atoms with Gasteiger partial charge in [0.1, 0.15) is 6.61 Å². The van der Waals surface area contributed by atoms with Gasteiger partial charge in [0, 0.05) is 0 Å². The Hall–Kier alpha value is -1.32. The van der Waals surface area contributed by atoms with E-state index in [1.54, 1.807) is 0 Å². The average Bonchev–Trinajstić information content (AvgIpc) is 2.26.